The summed E-state index contributed by atoms with van der Waals surface area (Å²) in [5.41, 5.74) is 2.90. The number of aromatic nitrogens is 1. The van der Waals surface area contributed by atoms with E-state index in [2.05, 4.69) is 23.5 Å². The van der Waals surface area contributed by atoms with Crippen molar-refractivity contribution in [2.24, 2.45) is 5.92 Å². The number of hydrogen-bond donors (Lipinski definition) is 3. The van der Waals surface area contributed by atoms with Crippen molar-refractivity contribution in [2.45, 2.75) is 51.1 Å². The van der Waals surface area contributed by atoms with Crippen LogP contribution in [-0.2, 0) is 32.1 Å². The first-order chi connectivity index (χ1) is 19.9. The first-order valence-electron chi connectivity index (χ1n) is 14.1. The summed E-state index contributed by atoms with van der Waals surface area (Å²) in [5.74, 6) is -1.53. The smallest absolute Gasteiger partial charge is 0.305 e. The van der Waals surface area contributed by atoms with Crippen molar-refractivity contribution >= 4 is 28.7 Å². The molecule has 8 nitrogen and oxygen atoms in total. The van der Waals surface area contributed by atoms with Gasteiger partial charge in [0, 0.05) is 43.0 Å². The van der Waals surface area contributed by atoms with Crippen LogP contribution in [0.4, 0.5) is 0 Å². The van der Waals surface area contributed by atoms with E-state index in [9.17, 15) is 19.5 Å². The van der Waals surface area contributed by atoms with Gasteiger partial charge in [0.15, 0.2) is 0 Å². The number of nitrogens with zero attached hydrogens (tertiary/aromatic N) is 1. The molecule has 8 heteroatoms. The molecule has 1 aromatic heterocycles. The monoisotopic (exact) mass is 559 g/mol. The van der Waals surface area contributed by atoms with Gasteiger partial charge in [0.05, 0.1) is 18.6 Å². The van der Waals surface area contributed by atoms with Crippen LogP contribution in [0.5, 0.6) is 0 Å². The highest BCUT2D eigenvalue weighted by molar-refractivity contribution is 5.86. The van der Waals surface area contributed by atoms with Gasteiger partial charge in [-0.1, -0.05) is 60.7 Å². The van der Waals surface area contributed by atoms with Crippen LogP contribution >= 0.6 is 0 Å². The highest BCUT2D eigenvalue weighted by Crippen LogP contribution is 2.20. The zero-order valence-corrected chi connectivity index (χ0v) is 23.6. The average Bonchev–Trinajstić information content (AvgIpc) is 3.38. The van der Waals surface area contributed by atoms with E-state index in [1.54, 1.807) is 17.1 Å². The third-order valence-corrected chi connectivity index (χ3v) is 6.90. The summed E-state index contributed by atoms with van der Waals surface area (Å²) >= 11 is 0. The summed E-state index contributed by atoms with van der Waals surface area (Å²) in [6, 6.07) is 16.9. The lowest BCUT2D eigenvalue weighted by Crippen LogP contribution is -2.44. The average molecular weight is 560 g/mol. The van der Waals surface area contributed by atoms with Gasteiger partial charge >= 0.3 is 5.97 Å². The topological polar surface area (TPSA) is 112 Å². The first kappa shape index (κ1) is 31.4. The molecule has 0 saturated carbocycles. The number of carbonyl (C=O) groups excluding carboxylic acids is 3. The molecule has 3 rings (SSSR count). The van der Waals surface area contributed by atoms with Crippen LogP contribution in [0.25, 0.3) is 10.9 Å². The summed E-state index contributed by atoms with van der Waals surface area (Å²) in [5, 5.41) is 13.6. The van der Waals surface area contributed by atoms with E-state index in [1.807, 2.05) is 60.8 Å². The molecule has 2 aromatic carbocycles. The van der Waals surface area contributed by atoms with Gasteiger partial charge in [-0.05, 0) is 42.9 Å². The number of esters is 1. The second kappa shape index (κ2) is 16.8. The third-order valence-electron chi connectivity index (χ3n) is 6.90. The molecule has 3 N–H and O–H groups in total. The molecule has 0 radical (unpaired) electrons. The Morgan fingerprint density at radius 3 is 2.54 bits per heavy atom. The van der Waals surface area contributed by atoms with Gasteiger partial charge in [0.1, 0.15) is 6.61 Å². The second-order valence-electron chi connectivity index (χ2n) is 10.1. The minimum Gasteiger partial charge on any atom is -0.463 e. The maximum Gasteiger partial charge on any atom is 0.305 e. The lowest BCUT2D eigenvalue weighted by atomic mass is 9.97. The summed E-state index contributed by atoms with van der Waals surface area (Å²) < 4.78 is 5.55. The molecule has 2 unspecified atom stereocenters. The molecule has 0 fully saturated rings. The molecule has 0 aliphatic rings. The molecule has 41 heavy (non-hydrogen) atoms. The number of carbonyl (C=O) groups is 3. The van der Waals surface area contributed by atoms with Crippen LogP contribution in [-0.4, -0.2) is 58.6 Å². The molecule has 0 spiro atoms. The third kappa shape index (κ3) is 10.1. The molecule has 3 aromatic rings. The van der Waals surface area contributed by atoms with Crippen molar-refractivity contribution in [1.82, 2.24) is 15.2 Å². The number of aromatic amines is 1. The number of ether oxygens (including phenoxy) is 1. The van der Waals surface area contributed by atoms with Gasteiger partial charge in [-0.15, -0.1) is 13.2 Å². The lowest BCUT2D eigenvalue weighted by molar-refractivity contribution is -0.145. The fraction of sp³-hybridized carbons (Fsp3) is 0.364. The van der Waals surface area contributed by atoms with Crippen molar-refractivity contribution in [2.75, 3.05) is 19.8 Å². The van der Waals surface area contributed by atoms with Crippen LogP contribution in [0, 0.1) is 5.92 Å². The highest BCUT2D eigenvalue weighted by atomic mass is 16.5. The van der Waals surface area contributed by atoms with Gasteiger partial charge in [-0.3, -0.25) is 14.4 Å². The summed E-state index contributed by atoms with van der Waals surface area (Å²) in [4.78, 5) is 43.9. The minimum atomic E-state index is -0.661. The number of unbranched alkanes of at least 4 members (excludes halogenated alkanes) is 1. The van der Waals surface area contributed by atoms with E-state index in [4.69, 9.17) is 4.74 Å². The number of aliphatic hydroxyl groups is 1. The minimum absolute atomic E-state index is 0.0115. The first-order valence-corrected chi connectivity index (χ1v) is 14.1. The van der Waals surface area contributed by atoms with Crippen LogP contribution < -0.4 is 5.32 Å². The molecule has 2 amide bonds. The maximum atomic E-state index is 13.5. The van der Waals surface area contributed by atoms with Crippen molar-refractivity contribution < 1.29 is 24.2 Å². The van der Waals surface area contributed by atoms with Gasteiger partial charge < -0.3 is 25.0 Å². The number of amides is 2. The predicted molar refractivity (Wildman–Crippen MR) is 161 cm³/mol. The molecule has 2 atom stereocenters. The molecule has 0 aliphatic carbocycles. The second-order valence-corrected chi connectivity index (χ2v) is 10.1. The van der Waals surface area contributed by atoms with Gasteiger partial charge in [-0.2, -0.15) is 0 Å². The number of allylic oxidation sites excluding steroid dienone is 2. The molecule has 1 heterocycles. The Labute approximate surface area is 242 Å². The Morgan fingerprint density at radius 1 is 1.05 bits per heavy atom. The lowest BCUT2D eigenvalue weighted by Gasteiger charge is -2.26. The number of para-hydroxylation sites is 1. The van der Waals surface area contributed by atoms with E-state index in [-0.39, 0.29) is 50.4 Å². The number of hydrogen-bond acceptors (Lipinski definition) is 5. The Hall–Kier alpha value is -4.17. The van der Waals surface area contributed by atoms with Crippen LogP contribution in [0.3, 0.4) is 0 Å². The van der Waals surface area contributed by atoms with Crippen molar-refractivity contribution in [3.8, 4) is 0 Å². The van der Waals surface area contributed by atoms with Crippen molar-refractivity contribution in [3.05, 3.63) is 97.2 Å². The number of nitrogens with one attached hydrogen (secondary N) is 2. The largest absolute Gasteiger partial charge is 0.463 e. The maximum absolute atomic E-state index is 13.5. The van der Waals surface area contributed by atoms with Crippen molar-refractivity contribution in [3.63, 3.8) is 0 Å². The number of benzene rings is 2. The van der Waals surface area contributed by atoms with Gasteiger partial charge in [0.2, 0.25) is 11.8 Å². The van der Waals surface area contributed by atoms with E-state index in [0.29, 0.717) is 25.8 Å². The Kier molecular flexibility index (Phi) is 12.9. The Bertz CT molecular complexity index is 1290. The molecule has 218 valence electrons. The predicted octanol–water partition coefficient (Wildman–Crippen LogP) is 4.70. The van der Waals surface area contributed by atoms with Crippen LogP contribution in [0.15, 0.2) is 86.1 Å². The molecule has 0 saturated heterocycles. The van der Waals surface area contributed by atoms with E-state index < -0.39 is 12.0 Å². The van der Waals surface area contributed by atoms with Crippen LogP contribution in [0.2, 0.25) is 0 Å². The Balaban J connectivity index is 1.72. The zero-order valence-electron chi connectivity index (χ0n) is 23.6. The number of H-pyrrole nitrogens is 1. The number of fused-ring (bicyclic) bond motifs is 1. The van der Waals surface area contributed by atoms with Gasteiger partial charge in [0.25, 0.3) is 0 Å². The quantitative estimate of drug-likeness (QED) is 0.119. The van der Waals surface area contributed by atoms with Crippen LogP contribution in [0.1, 0.15) is 43.2 Å². The SMILES string of the molecule is C=CCCCC(=O)OCC(Cc1c[nH]c2ccccc12)NC(=O)C(CC=C)CC(=O)N(CCO)Cc1ccccc1. The molecule has 0 aliphatic heterocycles. The number of rotatable bonds is 18. The summed E-state index contributed by atoms with van der Waals surface area (Å²) in [6.07, 6.45) is 7.64. The van der Waals surface area contributed by atoms with E-state index in [1.165, 1.54) is 0 Å². The number of aliphatic hydroxyl groups excluding tert-OH is 1. The molecular weight excluding hydrogens is 518 g/mol. The van der Waals surface area contributed by atoms with E-state index >= 15 is 0 Å². The summed E-state index contributed by atoms with van der Waals surface area (Å²) in [7, 11) is 0. The van der Waals surface area contributed by atoms with Gasteiger partial charge in [-0.25, -0.2) is 0 Å². The standard InChI is InChI=1S/C33H41N3O5/c1-3-5-7-17-32(39)41-24-28(20-27-22-34-30-16-11-10-15-29(27)30)35-33(40)26(12-4-2)21-31(38)36(18-19-37)23-25-13-8-6-9-14-25/h3-4,6,8-11,13-16,22,26,28,34,37H,1-2,5,7,12,17-21,23-24H2,(H,35,40). The zero-order chi connectivity index (χ0) is 29.5. The fourth-order valence-electron chi connectivity index (χ4n) is 4.73. The van der Waals surface area contributed by atoms with Crippen molar-refractivity contribution in [1.29, 1.82) is 0 Å². The Morgan fingerprint density at radius 2 is 1.80 bits per heavy atom. The van der Waals surface area contributed by atoms with E-state index in [0.717, 1.165) is 28.5 Å². The molecular formula is C33H41N3O5. The molecule has 0 bridgehead atoms. The highest BCUT2D eigenvalue weighted by Gasteiger charge is 2.27. The summed E-state index contributed by atoms with van der Waals surface area (Å²) in [6.45, 7) is 7.80. The fourth-order valence-corrected chi connectivity index (χ4v) is 4.73. The normalized spacial score (nSPS) is 12.3.